The first-order chi connectivity index (χ1) is 14.3. The molecule has 0 aliphatic heterocycles. The van der Waals surface area contributed by atoms with Crippen LogP contribution in [0.5, 0.6) is 5.75 Å². The molecule has 0 atom stereocenters. The molecule has 0 unspecified atom stereocenters. The average Bonchev–Trinajstić information content (AvgIpc) is 2.99. The molecule has 30 heavy (non-hydrogen) atoms. The normalized spacial score (nSPS) is 11.0. The second-order valence-electron chi connectivity index (χ2n) is 6.84. The lowest BCUT2D eigenvalue weighted by atomic mass is 10.1. The Kier molecular flexibility index (Phi) is 6.69. The highest BCUT2D eigenvalue weighted by molar-refractivity contribution is 6.31. The minimum atomic E-state index is -1.06. The molecule has 0 bridgehead atoms. The number of ketones is 1. The molecule has 3 rings (SSSR count). The van der Waals surface area contributed by atoms with E-state index in [0.29, 0.717) is 28.6 Å². The zero-order chi connectivity index (χ0) is 21.7. The number of carbonyl (C=O) groups excluding carboxylic acids is 1. The lowest BCUT2D eigenvalue weighted by Gasteiger charge is -2.04. The van der Waals surface area contributed by atoms with Gasteiger partial charge in [0, 0.05) is 11.1 Å². The van der Waals surface area contributed by atoms with Gasteiger partial charge in [-0.3, -0.25) is 4.79 Å². The first-order valence-electron chi connectivity index (χ1n) is 9.29. The fraction of sp³-hybridized carbons (Fsp3) is 0.174. The van der Waals surface area contributed by atoms with E-state index in [0.717, 1.165) is 11.3 Å². The number of rotatable bonds is 8. The van der Waals surface area contributed by atoms with E-state index in [1.54, 1.807) is 35.0 Å². The number of benzene rings is 2. The topological polar surface area (TPSA) is 81.4 Å². The molecule has 0 saturated heterocycles. The van der Waals surface area contributed by atoms with Gasteiger partial charge in [0.2, 0.25) is 0 Å². The summed E-state index contributed by atoms with van der Waals surface area (Å²) in [6.45, 7) is 3.98. The van der Waals surface area contributed by atoms with E-state index in [1.807, 2.05) is 38.1 Å². The number of aromatic nitrogens is 2. The summed E-state index contributed by atoms with van der Waals surface area (Å²) in [5, 5.41) is 13.6. The van der Waals surface area contributed by atoms with Crippen molar-refractivity contribution in [3.8, 4) is 5.75 Å². The average molecular weight is 425 g/mol. The van der Waals surface area contributed by atoms with Crippen molar-refractivity contribution >= 4 is 29.4 Å². The van der Waals surface area contributed by atoms with E-state index >= 15 is 0 Å². The maximum absolute atomic E-state index is 12.5. The Labute approximate surface area is 179 Å². The number of hydrogen-bond acceptors (Lipinski definition) is 4. The number of aryl methyl sites for hydroxylation is 2. The van der Waals surface area contributed by atoms with Gasteiger partial charge in [-0.1, -0.05) is 41.4 Å². The van der Waals surface area contributed by atoms with Gasteiger partial charge in [0.15, 0.2) is 12.4 Å². The van der Waals surface area contributed by atoms with Crippen LogP contribution in [0.3, 0.4) is 0 Å². The van der Waals surface area contributed by atoms with Crippen molar-refractivity contribution in [2.45, 2.75) is 20.4 Å². The van der Waals surface area contributed by atoms with Gasteiger partial charge in [-0.05, 0) is 55.8 Å². The Morgan fingerprint density at radius 1 is 1.10 bits per heavy atom. The van der Waals surface area contributed by atoms with Crippen molar-refractivity contribution in [2.24, 2.45) is 0 Å². The van der Waals surface area contributed by atoms with Crippen LogP contribution in [0.2, 0.25) is 5.15 Å². The van der Waals surface area contributed by atoms with Gasteiger partial charge in [0.1, 0.15) is 10.9 Å². The summed E-state index contributed by atoms with van der Waals surface area (Å²) in [6.07, 6.45) is 3.10. The molecular weight excluding hydrogens is 404 g/mol. The smallest absolute Gasteiger partial charge is 0.341 e. The number of carboxylic acid groups (broad SMARTS) is 1. The molecule has 0 aliphatic rings. The summed E-state index contributed by atoms with van der Waals surface area (Å²) in [7, 11) is 0. The second-order valence-corrected chi connectivity index (χ2v) is 7.20. The minimum Gasteiger partial charge on any atom is -0.482 e. The van der Waals surface area contributed by atoms with Gasteiger partial charge in [0.25, 0.3) is 0 Å². The van der Waals surface area contributed by atoms with Crippen molar-refractivity contribution in [1.82, 2.24) is 9.78 Å². The Morgan fingerprint density at radius 3 is 2.40 bits per heavy atom. The van der Waals surface area contributed by atoms with Gasteiger partial charge in [-0.15, -0.1) is 0 Å². The number of hydrogen-bond donors (Lipinski definition) is 1. The van der Waals surface area contributed by atoms with E-state index in [4.69, 9.17) is 21.4 Å². The van der Waals surface area contributed by atoms with Crippen molar-refractivity contribution in [2.75, 3.05) is 6.61 Å². The van der Waals surface area contributed by atoms with Crippen LogP contribution in [-0.2, 0) is 11.3 Å². The number of carboxylic acids is 1. The Balaban J connectivity index is 1.70. The lowest BCUT2D eigenvalue weighted by molar-refractivity contribution is -0.139. The number of nitrogens with zero attached hydrogens (tertiary/aromatic N) is 2. The number of halogens is 1. The van der Waals surface area contributed by atoms with Crippen molar-refractivity contribution in [3.63, 3.8) is 0 Å². The largest absolute Gasteiger partial charge is 0.482 e. The van der Waals surface area contributed by atoms with E-state index in [2.05, 4.69) is 5.10 Å². The number of aliphatic carboxylic acids is 1. The van der Waals surface area contributed by atoms with Crippen LogP contribution >= 0.6 is 11.6 Å². The second kappa shape index (κ2) is 9.41. The summed E-state index contributed by atoms with van der Waals surface area (Å²) in [5.41, 5.74) is 4.15. The summed E-state index contributed by atoms with van der Waals surface area (Å²) >= 11 is 6.49. The van der Waals surface area contributed by atoms with Gasteiger partial charge >= 0.3 is 5.97 Å². The van der Waals surface area contributed by atoms with Crippen molar-refractivity contribution in [1.29, 1.82) is 0 Å². The quantitative estimate of drug-likeness (QED) is 0.423. The fourth-order valence-corrected chi connectivity index (χ4v) is 3.14. The van der Waals surface area contributed by atoms with Gasteiger partial charge < -0.3 is 9.84 Å². The third-order valence-electron chi connectivity index (χ3n) is 4.46. The maximum Gasteiger partial charge on any atom is 0.341 e. The molecule has 3 aromatic rings. The highest BCUT2D eigenvalue weighted by Crippen LogP contribution is 2.23. The predicted octanol–water partition coefficient (Wildman–Crippen LogP) is 4.56. The predicted molar refractivity (Wildman–Crippen MR) is 115 cm³/mol. The van der Waals surface area contributed by atoms with Crippen molar-refractivity contribution in [3.05, 3.63) is 87.7 Å². The monoisotopic (exact) mass is 424 g/mol. The third-order valence-corrected chi connectivity index (χ3v) is 4.86. The number of allylic oxidation sites excluding steroid dienone is 1. The maximum atomic E-state index is 12.5. The molecule has 0 radical (unpaired) electrons. The summed E-state index contributed by atoms with van der Waals surface area (Å²) in [4.78, 5) is 23.0. The Bertz CT molecular complexity index is 1080. The SMILES string of the molecule is Cc1ccc(Cn2nc(C)c(C=CC(=O)c3ccc(OCC(=O)O)cc3)c2Cl)cc1. The van der Waals surface area contributed by atoms with Crippen LogP contribution in [0, 0.1) is 13.8 Å². The molecule has 0 amide bonds. The molecular formula is C23H21ClN2O4. The molecule has 154 valence electrons. The highest BCUT2D eigenvalue weighted by atomic mass is 35.5. The van der Waals surface area contributed by atoms with E-state index in [9.17, 15) is 9.59 Å². The Morgan fingerprint density at radius 2 is 1.77 bits per heavy atom. The van der Waals surface area contributed by atoms with Crippen LogP contribution in [0.1, 0.15) is 32.7 Å². The summed E-state index contributed by atoms with van der Waals surface area (Å²) in [5.74, 6) is -0.885. The molecule has 1 aromatic heterocycles. The molecule has 2 aromatic carbocycles. The van der Waals surface area contributed by atoms with Gasteiger partial charge in [-0.25, -0.2) is 9.48 Å². The number of carbonyl (C=O) groups is 2. The van der Waals surface area contributed by atoms with E-state index < -0.39 is 12.6 Å². The van der Waals surface area contributed by atoms with Crippen molar-refractivity contribution < 1.29 is 19.4 Å². The Hall–Kier alpha value is -3.38. The fourth-order valence-electron chi connectivity index (χ4n) is 2.84. The zero-order valence-corrected chi connectivity index (χ0v) is 17.4. The molecule has 0 spiro atoms. The van der Waals surface area contributed by atoms with Crippen LogP contribution < -0.4 is 4.74 Å². The highest BCUT2D eigenvalue weighted by Gasteiger charge is 2.12. The van der Waals surface area contributed by atoms with Crippen LogP contribution in [0.4, 0.5) is 0 Å². The number of ether oxygens (including phenoxy) is 1. The minimum absolute atomic E-state index is 0.207. The molecule has 6 nitrogen and oxygen atoms in total. The molecule has 7 heteroatoms. The molecule has 0 aliphatic carbocycles. The standard InChI is InChI=1S/C23H21ClN2O4/c1-15-3-5-17(6-4-15)13-26-23(24)20(16(2)25-26)11-12-21(27)18-7-9-19(10-8-18)30-14-22(28)29/h3-12H,13-14H2,1-2H3,(H,28,29). The first kappa shape index (κ1) is 21.3. The molecule has 0 saturated carbocycles. The van der Waals surface area contributed by atoms with Gasteiger partial charge in [-0.2, -0.15) is 5.10 Å². The lowest BCUT2D eigenvalue weighted by Crippen LogP contribution is -2.09. The van der Waals surface area contributed by atoms with E-state index in [1.165, 1.54) is 11.6 Å². The zero-order valence-electron chi connectivity index (χ0n) is 16.6. The first-order valence-corrected chi connectivity index (χ1v) is 9.67. The van der Waals surface area contributed by atoms with E-state index in [-0.39, 0.29) is 5.78 Å². The summed E-state index contributed by atoms with van der Waals surface area (Å²) in [6, 6.07) is 14.4. The third kappa shape index (κ3) is 5.36. The molecule has 1 N–H and O–H groups in total. The van der Waals surface area contributed by atoms with Gasteiger partial charge in [0.05, 0.1) is 12.2 Å². The van der Waals surface area contributed by atoms with Crippen LogP contribution in [0.15, 0.2) is 54.6 Å². The molecule has 1 heterocycles. The van der Waals surface area contributed by atoms with Crippen LogP contribution in [0.25, 0.3) is 6.08 Å². The summed E-state index contributed by atoms with van der Waals surface area (Å²) < 4.78 is 6.77. The molecule has 0 fully saturated rings. The van der Waals surface area contributed by atoms with Crippen LogP contribution in [-0.4, -0.2) is 33.2 Å².